The number of anilines is 1. The lowest BCUT2D eigenvalue weighted by molar-refractivity contribution is 0.0907. The molecule has 1 fully saturated rings. The maximum atomic E-state index is 12.0. The number of amides is 1. The molecule has 104 valence electrons. The van der Waals surface area contributed by atoms with E-state index in [4.69, 9.17) is 22.2 Å². The number of hydrogen-bond acceptors (Lipinski definition) is 4. The van der Waals surface area contributed by atoms with Crippen molar-refractivity contribution >= 4 is 23.2 Å². The summed E-state index contributed by atoms with van der Waals surface area (Å²) in [6.45, 7) is 1.79. The van der Waals surface area contributed by atoms with E-state index >= 15 is 0 Å². The summed E-state index contributed by atoms with van der Waals surface area (Å²) in [5.41, 5.74) is 3.45. The van der Waals surface area contributed by atoms with Crippen LogP contribution in [0.15, 0.2) is 18.2 Å². The first-order chi connectivity index (χ1) is 9.20. The van der Waals surface area contributed by atoms with Crippen molar-refractivity contribution in [1.29, 1.82) is 0 Å². The van der Waals surface area contributed by atoms with E-state index in [0.717, 1.165) is 12.5 Å². The number of carbonyl (C=O) groups excluding carboxylic acids is 1. The van der Waals surface area contributed by atoms with Gasteiger partial charge in [-0.2, -0.15) is 0 Å². The van der Waals surface area contributed by atoms with Crippen molar-refractivity contribution in [3.05, 3.63) is 28.8 Å². The Kier molecular flexibility index (Phi) is 5.01. The third-order valence-corrected chi connectivity index (χ3v) is 3.20. The Morgan fingerprint density at radius 3 is 2.95 bits per heavy atom. The van der Waals surface area contributed by atoms with Crippen molar-refractivity contribution in [1.82, 2.24) is 5.32 Å². The van der Waals surface area contributed by atoms with Gasteiger partial charge in [-0.3, -0.25) is 10.6 Å². The van der Waals surface area contributed by atoms with E-state index in [-0.39, 0.29) is 5.91 Å². The molecule has 4 N–H and O–H groups in total. The summed E-state index contributed by atoms with van der Waals surface area (Å²) < 4.78 is 5.44. The fraction of sp³-hybridized carbons (Fsp3) is 0.462. The first kappa shape index (κ1) is 14.1. The van der Waals surface area contributed by atoms with E-state index < -0.39 is 0 Å². The van der Waals surface area contributed by atoms with Gasteiger partial charge in [0.1, 0.15) is 0 Å². The minimum atomic E-state index is -0.217. The number of ether oxygens (including phenoxy) is 1. The average molecular weight is 284 g/mol. The van der Waals surface area contributed by atoms with Crippen LogP contribution in [0.25, 0.3) is 0 Å². The van der Waals surface area contributed by atoms with Gasteiger partial charge in [0.25, 0.3) is 5.91 Å². The monoisotopic (exact) mass is 283 g/mol. The lowest BCUT2D eigenvalue weighted by Crippen LogP contribution is -2.28. The molecule has 0 unspecified atom stereocenters. The highest BCUT2D eigenvalue weighted by atomic mass is 35.5. The number of nitrogen functional groups attached to an aromatic ring is 1. The molecule has 1 aliphatic carbocycles. The van der Waals surface area contributed by atoms with E-state index in [1.54, 1.807) is 18.2 Å². The van der Waals surface area contributed by atoms with Crippen molar-refractivity contribution in [2.24, 2.45) is 11.8 Å². The average Bonchev–Trinajstić information content (AvgIpc) is 3.22. The van der Waals surface area contributed by atoms with Crippen LogP contribution in [0.1, 0.15) is 23.2 Å². The normalized spacial score (nSPS) is 14.2. The zero-order valence-electron chi connectivity index (χ0n) is 10.6. The summed E-state index contributed by atoms with van der Waals surface area (Å²) in [7, 11) is 0. The van der Waals surface area contributed by atoms with Crippen molar-refractivity contribution in [3.8, 4) is 0 Å². The molecule has 19 heavy (non-hydrogen) atoms. The van der Waals surface area contributed by atoms with Gasteiger partial charge in [-0.05, 0) is 37.0 Å². The number of halogens is 1. The summed E-state index contributed by atoms with van der Waals surface area (Å²) in [6, 6.07) is 4.92. The molecule has 0 aromatic heterocycles. The predicted molar refractivity (Wildman–Crippen MR) is 75.1 cm³/mol. The maximum absolute atomic E-state index is 12.0. The number of hydrazine groups is 1. The quantitative estimate of drug-likeness (QED) is 0.405. The summed E-state index contributed by atoms with van der Waals surface area (Å²) in [4.78, 5) is 12.0. The lowest BCUT2D eigenvalue weighted by Gasteiger charge is -2.10. The van der Waals surface area contributed by atoms with Crippen LogP contribution >= 0.6 is 11.6 Å². The minimum absolute atomic E-state index is 0.217. The number of nitrogens with one attached hydrogen (secondary N) is 2. The van der Waals surface area contributed by atoms with E-state index in [1.807, 2.05) is 0 Å². The smallest absolute Gasteiger partial charge is 0.253 e. The molecule has 1 aromatic carbocycles. The number of nitrogens with two attached hydrogens (primary N) is 1. The highest BCUT2D eigenvalue weighted by molar-refractivity contribution is 6.31. The number of hydrogen-bond donors (Lipinski definition) is 3. The van der Waals surface area contributed by atoms with E-state index in [2.05, 4.69) is 10.7 Å². The molecule has 1 amide bonds. The minimum Gasteiger partial charge on any atom is -0.379 e. The Hall–Kier alpha value is -1.30. The molecule has 0 saturated heterocycles. The topological polar surface area (TPSA) is 76.4 Å². The summed E-state index contributed by atoms with van der Waals surface area (Å²) in [5, 5.41) is 3.27. The lowest BCUT2D eigenvalue weighted by atomic mass is 10.1. The Morgan fingerprint density at radius 2 is 2.26 bits per heavy atom. The molecule has 5 nitrogen and oxygen atoms in total. The van der Waals surface area contributed by atoms with E-state index in [9.17, 15) is 4.79 Å². The molecule has 0 radical (unpaired) electrons. The van der Waals surface area contributed by atoms with Crippen LogP contribution in [0.3, 0.4) is 0 Å². The molecular weight excluding hydrogens is 266 g/mol. The van der Waals surface area contributed by atoms with Gasteiger partial charge in [0.05, 0.1) is 17.9 Å². The highest BCUT2D eigenvalue weighted by Gasteiger charge is 2.20. The van der Waals surface area contributed by atoms with E-state index in [1.165, 1.54) is 12.8 Å². The van der Waals surface area contributed by atoms with Gasteiger partial charge in [-0.1, -0.05) is 11.6 Å². The predicted octanol–water partition coefficient (Wildman–Crippen LogP) is 1.78. The standard InChI is InChI=1S/C13H18ClN3O2/c14-10-3-4-12(17-15)11(7-10)13(18)16-5-6-19-8-9-1-2-9/h3-4,7,9,17H,1-2,5-6,8,15H2,(H,16,18). The Balaban J connectivity index is 1.79. The largest absolute Gasteiger partial charge is 0.379 e. The van der Waals surface area contributed by atoms with Crippen LogP contribution in [-0.4, -0.2) is 25.7 Å². The van der Waals surface area contributed by atoms with Gasteiger partial charge in [-0.15, -0.1) is 0 Å². The fourth-order valence-electron chi connectivity index (χ4n) is 1.70. The van der Waals surface area contributed by atoms with Crippen LogP contribution in [0.5, 0.6) is 0 Å². The molecule has 0 spiro atoms. The number of carbonyl (C=O) groups is 1. The fourth-order valence-corrected chi connectivity index (χ4v) is 1.87. The van der Waals surface area contributed by atoms with Gasteiger partial charge < -0.3 is 15.5 Å². The summed E-state index contributed by atoms with van der Waals surface area (Å²) in [6.07, 6.45) is 2.53. The second kappa shape index (κ2) is 6.75. The molecule has 0 atom stereocenters. The second-order valence-electron chi connectivity index (χ2n) is 4.61. The Bertz CT molecular complexity index is 450. The van der Waals surface area contributed by atoms with Crippen molar-refractivity contribution in [2.45, 2.75) is 12.8 Å². The first-order valence-corrected chi connectivity index (χ1v) is 6.70. The molecule has 6 heteroatoms. The summed E-state index contributed by atoms with van der Waals surface area (Å²) >= 11 is 5.87. The van der Waals surface area contributed by atoms with Gasteiger partial charge in [-0.25, -0.2) is 0 Å². The highest BCUT2D eigenvalue weighted by Crippen LogP contribution is 2.28. The van der Waals surface area contributed by atoms with Crippen LogP contribution in [0, 0.1) is 5.92 Å². The third-order valence-electron chi connectivity index (χ3n) is 2.96. The van der Waals surface area contributed by atoms with Crippen molar-refractivity contribution in [3.63, 3.8) is 0 Å². The van der Waals surface area contributed by atoms with Gasteiger partial charge >= 0.3 is 0 Å². The maximum Gasteiger partial charge on any atom is 0.253 e. The third kappa shape index (κ3) is 4.38. The summed E-state index contributed by atoms with van der Waals surface area (Å²) in [5.74, 6) is 5.87. The van der Waals surface area contributed by atoms with Crippen LogP contribution < -0.4 is 16.6 Å². The second-order valence-corrected chi connectivity index (χ2v) is 5.04. The zero-order chi connectivity index (χ0) is 13.7. The van der Waals surface area contributed by atoms with Gasteiger partial charge in [0, 0.05) is 18.2 Å². The zero-order valence-corrected chi connectivity index (χ0v) is 11.4. The van der Waals surface area contributed by atoms with Gasteiger partial charge in [0.2, 0.25) is 0 Å². The van der Waals surface area contributed by atoms with E-state index in [0.29, 0.717) is 29.4 Å². The molecule has 1 saturated carbocycles. The molecule has 2 rings (SSSR count). The number of benzene rings is 1. The number of rotatable bonds is 7. The molecule has 1 aromatic rings. The van der Waals surface area contributed by atoms with Crippen LogP contribution in [-0.2, 0) is 4.74 Å². The molecule has 0 aliphatic heterocycles. The first-order valence-electron chi connectivity index (χ1n) is 6.33. The SMILES string of the molecule is NNc1ccc(Cl)cc1C(=O)NCCOCC1CC1. The van der Waals surface area contributed by atoms with Crippen molar-refractivity contribution < 1.29 is 9.53 Å². The van der Waals surface area contributed by atoms with Crippen LogP contribution in [0.4, 0.5) is 5.69 Å². The molecule has 1 aliphatic rings. The Morgan fingerprint density at radius 1 is 1.47 bits per heavy atom. The van der Waals surface area contributed by atoms with Crippen molar-refractivity contribution in [2.75, 3.05) is 25.2 Å². The molecular formula is C13H18ClN3O2. The molecule has 0 heterocycles. The molecule has 0 bridgehead atoms. The Labute approximate surface area is 117 Å². The van der Waals surface area contributed by atoms with Gasteiger partial charge in [0.15, 0.2) is 0 Å². The van der Waals surface area contributed by atoms with Crippen LogP contribution in [0.2, 0.25) is 5.02 Å².